The number of hydrogen-bond donors (Lipinski definition) is 0. The summed E-state index contributed by atoms with van der Waals surface area (Å²) in [6.07, 6.45) is 0.844. The molecule has 0 aliphatic carbocycles. The van der Waals surface area contributed by atoms with Crippen molar-refractivity contribution in [1.82, 2.24) is 4.57 Å². The number of aromatic nitrogens is 1. The van der Waals surface area contributed by atoms with Crippen LogP contribution < -0.4 is 9.47 Å². The lowest BCUT2D eigenvalue weighted by molar-refractivity contribution is 0.306. The van der Waals surface area contributed by atoms with Gasteiger partial charge in [-0.3, -0.25) is 0 Å². The molecule has 0 saturated heterocycles. The molecule has 5 aromatic rings. The molecular formula is C33H32ClNO2. The van der Waals surface area contributed by atoms with Crippen LogP contribution in [0.5, 0.6) is 11.5 Å². The van der Waals surface area contributed by atoms with E-state index >= 15 is 0 Å². The topological polar surface area (TPSA) is 23.4 Å². The van der Waals surface area contributed by atoms with Crippen LogP contribution in [0.2, 0.25) is 0 Å². The van der Waals surface area contributed by atoms with Crippen molar-refractivity contribution in [3.8, 4) is 22.8 Å². The maximum atomic E-state index is 6.03. The first-order valence-corrected chi connectivity index (χ1v) is 13.3. The summed E-state index contributed by atoms with van der Waals surface area (Å²) in [5.74, 6) is 2.36. The average Bonchev–Trinajstić information content (AvgIpc) is 3.19. The molecule has 4 aromatic carbocycles. The van der Waals surface area contributed by atoms with Crippen LogP contribution in [0.15, 0.2) is 97.1 Å². The fraction of sp³-hybridized carbons (Fsp3) is 0.212. The van der Waals surface area contributed by atoms with Crippen molar-refractivity contribution in [3.05, 3.63) is 119 Å². The van der Waals surface area contributed by atoms with Crippen LogP contribution in [0.1, 0.15) is 28.7 Å². The minimum Gasteiger partial charge on any atom is -0.494 e. The van der Waals surface area contributed by atoms with E-state index in [2.05, 4.69) is 85.1 Å². The predicted molar refractivity (Wildman–Crippen MR) is 154 cm³/mol. The largest absolute Gasteiger partial charge is 0.494 e. The Morgan fingerprint density at radius 2 is 1.43 bits per heavy atom. The van der Waals surface area contributed by atoms with Gasteiger partial charge in [0.25, 0.3) is 0 Å². The second-order valence-electron chi connectivity index (χ2n) is 9.41. The first-order valence-electron chi connectivity index (χ1n) is 12.8. The highest BCUT2D eigenvalue weighted by atomic mass is 35.5. The first kappa shape index (κ1) is 25.0. The molecule has 0 amide bonds. The SMILES string of the molecule is Cc1ccc2c(c1)c(C)c(-c1ccc(OCc3ccccc3)cc1)n2Cc1ccc(OCCCCl)cc1. The third-order valence-corrected chi connectivity index (χ3v) is 6.93. The van der Waals surface area contributed by atoms with Crippen LogP contribution in [-0.4, -0.2) is 17.1 Å². The fourth-order valence-electron chi connectivity index (χ4n) is 4.74. The molecule has 0 aliphatic heterocycles. The molecule has 0 fully saturated rings. The lowest BCUT2D eigenvalue weighted by atomic mass is 10.1. The van der Waals surface area contributed by atoms with E-state index in [0.29, 0.717) is 19.1 Å². The zero-order chi connectivity index (χ0) is 25.6. The number of halogens is 1. The first-order chi connectivity index (χ1) is 18.1. The van der Waals surface area contributed by atoms with Gasteiger partial charge in [0.1, 0.15) is 18.1 Å². The van der Waals surface area contributed by atoms with Crippen LogP contribution >= 0.6 is 11.6 Å². The van der Waals surface area contributed by atoms with E-state index in [1.807, 2.05) is 30.3 Å². The Kier molecular flexibility index (Phi) is 7.82. The Morgan fingerprint density at radius 1 is 0.730 bits per heavy atom. The summed E-state index contributed by atoms with van der Waals surface area (Å²) in [5, 5.41) is 1.29. The Hall–Kier alpha value is -3.69. The van der Waals surface area contributed by atoms with Gasteiger partial charge in [0, 0.05) is 23.3 Å². The predicted octanol–water partition coefficient (Wildman–Crippen LogP) is 8.56. The summed E-state index contributed by atoms with van der Waals surface area (Å²) >= 11 is 5.77. The number of rotatable bonds is 10. The van der Waals surface area contributed by atoms with Crippen molar-refractivity contribution in [2.24, 2.45) is 0 Å². The van der Waals surface area contributed by atoms with E-state index in [-0.39, 0.29) is 0 Å². The van der Waals surface area contributed by atoms with E-state index in [1.54, 1.807) is 0 Å². The lowest BCUT2D eigenvalue weighted by Gasteiger charge is -2.14. The second-order valence-corrected chi connectivity index (χ2v) is 9.79. The Bertz CT molecular complexity index is 1460. The molecule has 0 saturated carbocycles. The maximum Gasteiger partial charge on any atom is 0.119 e. The zero-order valence-corrected chi connectivity index (χ0v) is 22.2. The minimum atomic E-state index is 0.560. The number of alkyl halides is 1. The zero-order valence-electron chi connectivity index (χ0n) is 21.4. The molecule has 4 heteroatoms. The number of ether oxygens (including phenoxy) is 2. The van der Waals surface area contributed by atoms with Crippen LogP contribution in [0.4, 0.5) is 0 Å². The summed E-state index contributed by atoms with van der Waals surface area (Å²) in [6, 6.07) is 33.8. The third-order valence-electron chi connectivity index (χ3n) is 6.66. The maximum absolute atomic E-state index is 6.03. The van der Waals surface area contributed by atoms with E-state index in [9.17, 15) is 0 Å². The van der Waals surface area contributed by atoms with Gasteiger partial charge in [-0.2, -0.15) is 0 Å². The molecule has 0 unspecified atom stereocenters. The van der Waals surface area contributed by atoms with Gasteiger partial charge >= 0.3 is 0 Å². The molecular weight excluding hydrogens is 478 g/mol. The molecule has 1 heterocycles. The fourth-order valence-corrected chi connectivity index (χ4v) is 4.85. The van der Waals surface area contributed by atoms with Crippen LogP contribution in [0.25, 0.3) is 22.2 Å². The standard InChI is InChI=1S/C33H32ClNO2/c1-24-9-18-32-31(21-24)25(2)33(35(32)22-26-10-14-29(15-11-26)36-20-6-19-34)28-12-16-30(17-13-28)37-23-27-7-4-3-5-8-27/h3-5,7-18,21H,6,19-20,22-23H2,1-2H3. The molecule has 5 rings (SSSR count). The highest BCUT2D eigenvalue weighted by Gasteiger charge is 2.16. The van der Waals surface area contributed by atoms with Gasteiger partial charge in [0.2, 0.25) is 0 Å². The van der Waals surface area contributed by atoms with Gasteiger partial charge in [-0.1, -0.05) is 54.1 Å². The van der Waals surface area contributed by atoms with Gasteiger partial charge in [0.15, 0.2) is 0 Å². The summed E-state index contributed by atoms with van der Waals surface area (Å²) in [6.45, 7) is 6.35. The quantitative estimate of drug-likeness (QED) is 0.139. The minimum absolute atomic E-state index is 0.560. The summed E-state index contributed by atoms with van der Waals surface area (Å²) in [7, 11) is 0. The number of benzene rings is 4. The lowest BCUT2D eigenvalue weighted by Crippen LogP contribution is -2.03. The van der Waals surface area contributed by atoms with Crippen molar-refractivity contribution >= 4 is 22.5 Å². The number of fused-ring (bicyclic) bond motifs is 1. The monoisotopic (exact) mass is 509 g/mol. The molecule has 37 heavy (non-hydrogen) atoms. The number of hydrogen-bond acceptors (Lipinski definition) is 2. The second kappa shape index (κ2) is 11.6. The number of nitrogens with zero attached hydrogens (tertiary/aromatic N) is 1. The summed E-state index contributed by atoms with van der Waals surface area (Å²) in [5.41, 5.74) is 8.60. The average molecular weight is 510 g/mol. The highest BCUT2D eigenvalue weighted by Crippen LogP contribution is 2.35. The van der Waals surface area contributed by atoms with Crippen molar-refractivity contribution < 1.29 is 9.47 Å². The van der Waals surface area contributed by atoms with E-state index in [1.165, 1.54) is 38.9 Å². The van der Waals surface area contributed by atoms with Crippen LogP contribution in [0, 0.1) is 13.8 Å². The molecule has 3 nitrogen and oxygen atoms in total. The highest BCUT2D eigenvalue weighted by molar-refractivity contribution is 6.17. The van der Waals surface area contributed by atoms with Gasteiger partial charge in [-0.15, -0.1) is 11.6 Å². The van der Waals surface area contributed by atoms with Gasteiger partial charge in [-0.25, -0.2) is 0 Å². The summed E-state index contributed by atoms with van der Waals surface area (Å²) < 4.78 is 14.2. The molecule has 0 radical (unpaired) electrons. The Morgan fingerprint density at radius 3 is 2.16 bits per heavy atom. The van der Waals surface area contributed by atoms with E-state index in [0.717, 1.165) is 30.0 Å². The van der Waals surface area contributed by atoms with Gasteiger partial charge in [0.05, 0.1) is 12.3 Å². The summed E-state index contributed by atoms with van der Waals surface area (Å²) in [4.78, 5) is 0. The van der Waals surface area contributed by atoms with Crippen molar-refractivity contribution in [2.45, 2.75) is 33.4 Å². The number of aryl methyl sites for hydroxylation is 2. The van der Waals surface area contributed by atoms with Crippen LogP contribution in [-0.2, 0) is 13.2 Å². The van der Waals surface area contributed by atoms with Gasteiger partial charge in [-0.05, 0) is 91.1 Å². The third kappa shape index (κ3) is 5.84. The Balaban J connectivity index is 1.43. The van der Waals surface area contributed by atoms with Crippen molar-refractivity contribution in [1.29, 1.82) is 0 Å². The van der Waals surface area contributed by atoms with Gasteiger partial charge < -0.3 is 14.0 Å². The molecule has 188 valence electrons. The van der Waals surface area contributed by atoms with Crippen molar-refractivity contribution in [3.63, 3.8) is 0 Å². The Labute approximate surface area is 224 Å². The van der Waals surface area contributed by atoms with E-state index in [4.69, 9.17) is 21.1 Å². The molecule has 0 aliphatic rings. The molecule has 0 bridgehead atoms. The molecule has 0 N–H and O–H groups in total. The molecule has 0 atom stereocenters. The van der Waals surface area contributed by atoms with Crippen LogP contribution in [0.3, 0.4) is 0 Å². The molecule has 1 aromatic heterocycles. The molecule has 0 spiro atoms. The van der Waals surface area contributed by atoms with E-state index < -0.39 is 0 Å². The van der Waals surface area contributed by atoms with Crippen molar-refractivity contribution in [2.75, 3.05) is 12.5 Å². The smallest absolute Gasteiger partial charge is 0.119 e. The normalized spacial score (nSPS) is 11.1.